The van der Waals surface area contributed by atoms with Gasteiger partial charge in [0.05, 0.1) is 11.4 Å². The van der Waals surface area contributed by atoms with Crippen molar-refractivity contribution in [2.75, 3.05) is 26.2 Å². The first-order chi connectivity index (χ1) is 10.00. The van der Waals surface area contributed by atoms with E-state index < -0.39 is 10.0 Å². The molecular formula is C14H20N2O4S. The quantitative estimate of drug-likeness (QED) is 0.795. The normalized spacial score (nSPS) is 15.9. The van der Waals surface area contributed by atoms with E-state index in [0.29, 0.717) is 36.9 Å². The molecule has 0 bridgehead atoms. The predicted octanol–water partition coefficient (Wildman–Crippen LogP) is 0.986. The molecule has 1 fully saturated rings. The zero-order valence-corrected chi connectivity index (χ0v) is 12.9. The molecule has 21 heavy (non-hydrogen) atoms. The lowest BCUT2D eigenvalue weighted by molar-refractivity contribution is -0.119. The molecule has 0 spiro atoms. The van der Waals surface area contributed by atoms with Crippen molar-refractivity contribution in [3.63, 3.8) is 0 Å². The number of hydrogen-bond donors (Lipinski definition) is 1. The highest BCUT2D eigenvalue weighted by Crippen LogP contribution is 2.22. The number of amides is 1. The Hall–Kier alpha value is -1.60. The van der Waals surface area contributed by atoms with E-state index in [1.54, 1.807) is 24.3 Å². The molecule has 0 unspecified atom stereocenters. The highest BCUT2D eigenvalue weighted by atomic mass is 32.2. The molecule has 116 valence electrons. The van der Waals surface area contributed by atoms with Crippen molar-refractivity contribution in [3.05, 3.63) is 24.3 Å². The third-order valence-corrected chi connectivity index (χ3v) is 5.18. The SMILES string of the molecule is CC(=O)NCCOc1ccc(S(=O)(=O)N2CCCC2)cc1. The molecule has 0 saturated carbocycles. The van der Waals surface area contributed by atoms with E-state index in [-0.39, 0.29) is 5.91 Å². The van der Waals surface area contributed by atoms with Gasteiger partial charge >= 0.3 is 0 Å². The van der Waals surface area contributed by atoms with Gasteiger partial charge in [-0.3, -0.25) is 4.79 Å². The Kier molecular flexibility index (Phi) is 5.19. The Labute approximate surface area is 125 Å². The summed E-state index contributed by atoms with van der Waals surface area (Å²) in [6.07, 6.45) is 1.84. The first-order valence-electron chi connectivity index (χ1n) is 6.97. The molecule has 0 aliphatic carbocycles. The summed E-state index contributed by atoms with van der Waals surface area (Å²) in [6, 6.07) is 6.39. The van der Waals surface area contributed by atoms with Gasteiger partial charge in [0.1, 0.15) is 12.4 Å². The molecule has 1 heterocycles. The summed E-state index contributed by atoms with van der Waals surface area (Å²) in [4.78, 5) is 11.0. The van der Waals surface area contributed by atoms with Crippen molar-refractivity contribution < 1.29 is 17.9 Å². The van der Waals surface area contributed by atoms with Crippen LogP contribution >= 0.6 is 0 Å². The molecule has 1 N–H and O–H groups in total. The number of carbonyl (C=O) groups excluding carboxylic acids is 1. The Morgan fingerprint density at radius 2 is 1.86 bits per heavy atom. The van der Waals surface area contributed by atoms with Crippen molar-refractivity contribution in [3.8, 4) is 5.75 Å². The van der Waals surface area contributed by atoms with E-state index in [1.165, 1.54) is 11.2 Å². The van der Waals surface area contributed by atoms with Crippen LogP contribution in [0.3, 0.4) is 0 Å². The topological polar surface area (TPSA) is 75.7 Å². The second kappa shape index (κ2) is 6.91. The number of ether oxygens (including phenoxy) is 1. The van der Waals surface area contributed by atoms with Gasteiger partial charge in [-0.1, -0.05) is 0 Å². The molecule has 7 heteroatoms. The van der Waals surface area contributed by atoms with Gasteiger partial charge in [0.25, 0.3) is 0 Å². The molecular weight excluding hydrogens is 292 g/mol. The number of nitrogens with one attached hydrogen (secondary N) is 1. The maximum absolute atomic E-state index is 12.3. The minimum atomic E-state index is -3.37. The molecule has 0 atom stereocenters. The Bertz CT molecular complexity index is 577. The summed E-state index contributed by atoms with van der Waals surface area (Å²) in [6.45, 7) is 3.40. The van der Waals surface area contributed by atoms with Gasteiger partial charge < -0.3 is 10.1 Å². The van der Waals surface area contributed by atoms with E-state index in [4.69, 9.17) is 4.74 Å². The summed E-state index contributed by atoms with van der Waals surface area (Å²) in [5.41, 5.74) is 0. The van der Waals surface area contributed by atoms with Crippen LogP contribution in [0.25, 0.3) is 0 Å². The number of carbonyl (C=O) groups is 1. The van der Waals surface area contributed by atoms with Gasteiger partial charge in [-0.05, 0) is 37.1 Å². The summed E-state index contributed by atoms with van der Waals surface area (Å²) in [5.74, 6) is 0.478. The summed E-state index contributed by atoms with van der Waals surface area (Å²) in [5, 5.41) is 2.62. The fourth-order valence-electron chi connectivity index (χ4n) is 2.18. The first-order valence-corrected chi connectivity index (χ1v) is 8.41. The Morgan fingerprint density at radius 3 is 2.43 bits per heavy atom. The molecule has 6 nitrogen and oxygen atoms in total. The van der Waals surface area contributed by atoms with E-state index in [9.17, 15) is 13.2 Å². The maximum Gasteiger partial charge on any atom is 0.243 e. The van der Waals surface area contributed by atoms with Gasteiger partial charge in [0.15, 0.2) is 0 Å². The third-order valence-electron chi connectivity index (χ3n) is 3.27. The largest absolute Gasteiger partial charge is 0.492 e. The molecule has 0 radical (unpaired) electrons. The molecule has 1 aromatic rings. The average molecular weight is 312 g/mol. The smallest absolute Gasteiger partial charge is 0.243 e. The second-order valence-electron chi connectivity index (χ2n) is 4.91. The van der Waals surface area contributed by atoms with Crippen molar-refractivity contribution in [1.29, 1.82) is 0 Å². The van der Waals surface area contributed by atoms with Crippen LogP contribution in [0.4, 0.5) is 0 Å². The van der Waals surface area contributed by atoms with Gasteiger partial charge in [-0.2, -0.15) is 4.31 Å². The monoisotopic (exact) mass is 312 g/mol. The molecule has 1 aliphatic heterocycles. The van der Waals surface area contributed by atoms with Gasteiger partial charge in [0, 0.05) is 20.0 Å². The second-order valence-corrected chi connectivity index (χ2v) is 6.85. The lowest BCUT2D eigenvalue weighted by atomic mass is 10.3. The number of rotatable bonds is 6. The number of sulfonamides is 1. The van der Waals surface area contributed by atoms with E-state index in [2.05, 4.69) is 5.32 Å². The lowest BCUT2D eigenvalue weighted by Gasteiger charge is -2.15. The van der Waals surface area contributed by atoms with Crippen LogP contribution in [-0.4, -0.2) is 44.9 Å². The fraction of sp³-hybridized carbons (Fsp3) is 0.500. The van der Waals surface area contributed by atoms with Gasteiger partial charge in [0.2, 0.25) is 15.9 Å². The highest BCUT2D eigenvalue weighted by Gasteiger charge is 2.26. The Morgan fingerprint density at radius 1 is 1.24 bits per heavy atom. The molecule has 2 rings (SSSR count). The first kappa shape index (κ1) is 15.8. The van der Waals surface area contributed by atoms with Crippen LogP contribution < -0.4 is 10.1 Å². The summed E-state index contributed by atoms with van der Waals surface area (Å²) < 4.78 is 31.6. The molecule has 1 aliphatic rings. The van der Waals surface area contributed by atoms with Crippen LogP contribution in [0.1, 0.15) is 19.8 Å². The predicted molar refractivity (Wildman–Crippen MR) is 78.6 cm³/mol. The molecule has 0 aromatic heterocycles. The van der Waals surface area contributed by atoms with Gasteiger partial charge in [-0.15, -0.1) is 0 Å². The average Bonchev–Trinajstić information content (AvgIpc) is 2.99. The minimum absolute atomic E-state index is 0.106. The van der Waals surface area contributed by atoms with Crippen LogP contribution in [0, 0.1) is 0 Å². The molecule has 1 saturated heterocycles. The maximum atomic E-state index is 12.3. The number of hydrogen-bond acceptors (Lipinski definition) is 4. The van der Waals surface area contributed by atoms with E-state index in [1.807, 2.05) is 0 Å². The third kappa shape index (κ3) is 4.18. The van der Waals surface area contributed by atoms with Crippen LogP contribution in [0.15, 0.2) is 29.2 Å². The standard InChI is InChI=1S/C14H20N2O4S/c1-12(17)15-8-11-20-13-4-6-14(7-5-13)21(18,19)16-9-2-3-10-16/h4-7H,2-3,8-11H2,1H3,(H,15,17). The van der Waals surface area contributed by atoms with Crippen LogP contribution in [0.2, 0.25) is 0 Å². The highest BCUT2D eigenvalue weighted by molar-refractivity contribution is 7.89. The lowest BCUT2D eigenvalue weighted by Crippen LogP contribution is -2.27. The molecule has 1 amide bonds. The zero-order chi connectivity index (χ0) is 15.3. The van der Waals surface area contributed by atoms with Crippen molar-refractivity contribution in [2.45, 2.75) is 24.7 Å². The van der Waals surface area contributed by atoms with Gasteiger partial charge in [-0.25, -0.2) is 8.42 Å². The number of nitrogens with zero attached hydrogens (tertiary/aromatic N) is 1. The fourth-order valence-corrected chi connectivity index (χ4v) is 3.70. The van der Waals surface area contributed by atoms with Crippen molar-refractivity contribution in [1.82, 2.24) is 9.62 Å². The zero-order valence-electron chi connectivity index (χ0n) is 12.0. The summed E-state index contributed by atoms with van der Waals surface area (Å²) in [7, 11) is -3.37. The van der Waals surface area contributed by atoms with E-state index in [0.717, 1.165) is 12.8 Å². The van der Waals surface area contributed by atoms with Crippen molar-refractivity contribution >= 4 is 15.9 Å². The van der Waals surface area contributed by atoms with Crippen LogP contribution in [0.5, 0.6) is 5.75 Å². The summed E-state index contributed by atoms with van der Waals surface area (Å²) >= 11 is 0. The minimum Gasteiger partial charge on any atom is -0.492 e. The number of benzene rings is 1. The van der Waals surface area contributed by atoms with Crippen LogP contribution in [-0.2, 0) is 14.8 Å². The van der Waals surface area contributed by atoms with Crippen molar-refractivity contribution in [2.24, 2.45) is 0 Å². The van der Waals surface area contributed by atoms with E-state index >= 15 is 0 Å². The molecule has 1 aromatic carbocycles. The Balaban J connectivity index is 1.93.